The molecule has 6 heteroatoms. The van der Waals surface area contributed by atoms with Crippen LogP contribution in [0, 0.1) is 34.4 Å². The van der Waals surface area contributed by atoms with Gasteiger partial charge in [-0.25, -0.2) is 0 Å². The van der Waals surface area contributed by atoms with Gasteiger partial charge in [0.25, 0.3) is 0 Å². The molecule has 0 aromatic rings. The maximum atomic E-state index is 8.58. The Labute approximate surface area is 77.0 Å². The minimum Gasteiger partial charge on any atom is -0.322 e. The van der Waals surface area contributed by atoms with Gasteiger partial charge in [-0.05, 0) is 0 Å². The van der Waals surface area contributed by atoms with Crippen molar-refractivity contribution >= 4 is 0 Å². The minimum absolute atomic E-state index is 0.441. The molecule has 0 radical (unpaired) electrons. The normalized spacial score (nSPS) is 7.46. The molecule has 68 valence electrons. The van der Waals surface area contributed by atoms with Gasteiger partial charge in [-0.15, -0.1) is 0 Å². The van der Waals surface area contributed by atoms with Crippen molar-refractivity contribution in [2.24, 2.45) is 0 Å². The molecule has 0 aromatic carbocycles. The van der Waals surface area contributed by atoms with Gasteiger partial charge < -0.3 is 15.5 Å². The first-order valence-electron chi connectivity index (χ1n) is 3.73. The fourth-order valence-electron chi connectivity index (χ4n) is 0.705. The van der Waals surface area contributed by atoms with Crippen molar-refractivity contribution in [3.63, 3.8) is 0 Å². The van der Waals surface area contributed by atoms with Gasteiger partial charge in [0.05, 0.1) is 0 Å². The van der Waals surface area contributed by atoms with E-state index in [1.54, 1.807) is 12.4 Å². The van der Waals surface area contributed by atoms with Crippen molar-refractivity contribution in [3.8, 4) is 18.6 Å². The van der Waals surface area contributed by atoms with E-state index < -0.39 is 0 Å². The Morgan fingerprint density at radius 3 is 1.69 bits per heavy atom. The van der Waals surface area contributed by atoms with E-state index in [9.17, 15) is 0 Å². The van der Waals surface area contributed by atoms with E-state index in [4.69, 9.17) is 15.8 Å². The highest BCUT2D eigenvalue weighted by molar-refractivity contribution is 4.78. The van der Waals surface area contributed by atoms with Gasteiger partial charge >= 0.3 is 0 Å². The largest absolute Gasteiger partial charge is 0.322 e. The SMILES string of the molecule is N#CNCCN(C#N)CCNC#N. The van der Waals surface area contributed by atoms with Crippen LogP contribution in [-0.4, -0.2) is 31.1 Å². The summed E-state index contributed by atoms with van der Waals surface area (Å²) >= 11 is 0. The van der Waals surface area contributed by atoms with Crippen LogP contribution in [0.4, 0.5) is 0 Å². The molecule has 0 rings (SSSR count). The van der Waals surface area contributed by atoms with Gasteiger partial charge in [0, 0.05) is 26.2 Å². The molecule has 0 saturated heterocycles. The fourth-order valence-corrected chi connectivity index (χ4v) is 0.705. The van der Waals surface area contributed by atoms with Crippen molar-refractivity contribution in [3.05, 3.63) is 0 Å². The van der Waals surface area contributed by atoms with E-state index in [2.05, 4.69) is 10.6 Å². The summed E-state index contributed by atoms with van der Waals surface area (Å²) in [4.78, 5) is 1.47. The predicted octanol–water partition coefficient (Wildman–Crippen LogP) is -1.09. The van der Waals surface area contributed by atoms with Crippen LogP contribution in [0.2, 0.25) is 0 Å². The summed E-state index contributed by atoms with van der Waals surface area (Å²) < 4.78 is 0. The monoisotopic (exact) mass is 178 g/mol. The molecule has 0 aliphatic heterocycles. The summed E-state index contributed by atoms with van der Waals surface area (Å²) in [6, 6.07) is 0. The number of hydrogen-bond donors (Lipinski definition) is 2. The molecule has 0 spiro atoms. The minimum atomic E-state index is 0.441. The van der Waals surface area contributed by atoms with Crippen LogP contribution in [0.15, 0.2) is 0 Å². The van der Waals surface area contributed by atoms with Crippen molar-refractivity contribution < 1.29 is 0 Å². The number of hydrogen-bond acceptors (Lipinski definition) is 6. The molecular formula is C7H10N6. The molecule has 0 bridgehead atoms. The van der Waals surface area contributed by atoms with E-state index in [-0.39, 0.29) is 0 Å². The highest BCUT2D eigenvalue weighted by Gasteiger charge is 1.99. The third kappa shape index (κ3) is 6.28. The second-order valence-corrected chi connectivity index (χ2v) is 2.16. The molecule has 0 atom stereocenters. The third-order valence-electron chi connectivity index (χ3n) is 1.31. The second kappa shape index (κ2) is 7.97. The van der Waals surface area contributed by atoms with Crippen LogP contribution < -0.4 is 10.6 Å². The summed E-state index contributed by atoms with van der Waals surface area (Å²) in [5.74, 6) is 0. The molecule has 0 aliphatic carbocycles. The lowest BCUT2D eigenvalue weighted by Crippen LogP contribution is -2.31. The van der Waals surface area contributed by atoms with Crippen molar-refractivity contribution in [1.29, 1.82) is 15.8 Å². The van der Waals surface area contributed by atoms with Crippen LogP contribution in [0.5, 0.6) is 0 Å². The molecule has 13 heavy (non-hydrogen) atoms. The molecule has 2 N–H and O–H groups in total. The molecule has 0 heterocycles. The summed E-state index contributed by atoms with van der Waals surface area (Å²) in [7, 11) is 0. The zero-order valence-corrected chi connectivity index (χ0v) is 7.12. The Hall–Kier alpha value is -2.13. The highest BCUT2D eigenvalue weighted by Crippen LogP contribution is 1.81. The van der Waals surface area contributed by atoms with Gasteiger partial charge in [-0.2, -0.15) is 15.8 Å². The number of nitriles is 3. The van der Waals surface area contributed by atoms with Crippen LogP contribution in [-0.2, 0) is 0 Å². The average Bonchev–Trinajstić information content (AvgIpc) is 2.16. The van der Waals surface area contributed by atoms with Gasteiger partial charge in [-0.3, -0.25) is 0 Å². The molecule has 0 saturated carbocycles. The van der Waals surface area contributed by atoms with Crippen molar-refractivity contribution in [2.75, 3.05) is 26.2 Å². The molecular weight excluding hydrogens is 168 g/mol. The summed E-state index contributed by atoms with van der Waals surface area (Å²) in [5.41, 5.74) is 0. The Morgan fingerprint density at radius 1 is 0.923 bits per heavy atom. The van der Waals surface area contributed by atoms with Crippen molar-refractivity contribution in [2.45, 2.75) is 0 Å². The summed E-state index contributed by atoms with van der Waals surface area (Å²) in [6.45, 7) is 1.82. The Balaban J connectivity index is 3.49. The average molecular weight is 178 g/mol. The molecule has 0 fully saturated rings. The maximum Gasteiger partial charge on any atom is 0.179 e. The van der Waals surface area contributed by atoms with Crippen LogP contribution in [0.25, 0.3) is 0 Å². The van der Waals surface area contributed by atoms with E-state index in [1.165, 1.54) is 4.90 Å². The first-order chi connectivity index (χ1) is 6.35. The molecule has 0 unspecified atom stereocenters. The van der Waals surface area contributed by atoms with Gasteiger partial charge in [-0.1, -0.05) is 0 Å². The lowest BCUT2D eigenvalue weighted by molar-refractivity contribution is 0.396. The zero-order valence-electron chi connectivity index (χ0n) is 7.12. The van der Waals surface area contributed by atoms with Crippen LogP contribution in [0.3, 0.4) is 0 Å². The van der Waals surface area contributed by atoms with Gasteiger partial charge in [0.1, 0.15) is 0 Å². The molecule has 0 aliphatic rings. The smallest absolute Gasteiger partial charge is 0.179 e. The first kappa shape index (κ1) is 10.9. The zero-order chi connectivity index (χ0) is 9.94. The maximum absolute atomic E-state index is 8.58. The lowest BCUT2D eigenvalue weighted by atomic mass is 10.5. The summed E-state index contributed by atoms with van der Waals surface area (Å²) in [5, 5.41) is 29.7. The third-order valence-corrected chi connectivity index (χ3v) is 1.31. The highest BCUT2D eigenvalue weighted by atomic mass is 15.1. The molecule has 6 nitrogen and oxygen atoms in total. The number of rotatable bonds is 6. The number of nitrogens with zero attached hydrogens (tertiary/aromatic N) is 4. The topological polar surface area (TPSA) is 98.7 Å². The van der Waals surface area contributed by atoms with E-state index >= 15 is 0 Å². The summed E-state index contributed by atoms with van der Waals surface area (Å²) in [6.07, 6.45) is 5.48. The molecule has 0 aromatic heterocycles. The Bertz CT molecular complexity index is 221. The first-order valence-corrected chi connectivity index (χ1v) is 3.73. The number of nitrogens with one attached hydrogen (secondary N) is 2. The van der Waals surface area contributed by atoms with Gasteiger partial charge in [0.2, 0.25) is 0 Å². The molecule has 0 amide bonds. The fraction of sp³-hybridized carbons (Fsp3) is 0.571. The van der Waals surface area contributed by atoms with E-state index in [0.717, 1.165) is 0 Å². The second-order valence-electron chi connectivity index (χ2n) is 2.16. The quantitative estimate of drug-likeness (QED) is 0.304. The van der Waals surface area contributed by atoms with Crippen LogP contribution >= 0.6 is 0 Å². The van der Waals surface area contributed by atoms with Crippen LogP contribution in [0.1, 0.15) is 0 Å². The van der Waals surface area contributed by atoms with E-state index in [0.29, 0.717) is 26.2 Å². The Kier molecular flexibility index (Phi) is 6.67. The predicted molar refractivity (Wildman–Crippen MR) is 44.4 cm³/mol. The van der Waals surface area contributed by atoms with Gasteiger partial charge in [0.15, 0.2) is 18.6 Å². The standard InChI is InChI=1S/C7H10N6/c8-5-11-1-3-13(7-10)4-2-12-6-9/h11-12H,1-4H2. The van der Waals surface area contributed by atoms with Crippen molar-refractivity contribution in [1.82, 2.24) is 15.5 Å². The van der Waals surface area contributed by atoms with E-state index in [1.807, 2.05) is 6.19 Å². The lowest BCUT2D eigenvalue weighted by Gasteiger charge is -2.13. The Morgan fingerprint density at radius 2 is 1.38 bits per heavy atom.